The molecule has 2 aromatic rings. The molecule has 23 heavy (non-hydrogen) atoms. The molecule has 0 saturated heterocycles. The monoisotopic (exact) mass is 354 g/mol. The van der Waals surface area contributed by atoms with Crippen molar-refractivity contribution in [1.29, 1.82) is 0 Å². The third-order valence-corrected chi connectivity index (χ3v) is 3.62. The first-order valence-electron chi connectivity index (χ1n) is 6.70. The molecule has 7 nitrogen and oxygen atoms in total. The fourth-order valence-corrected chi connectivity index (χ4v) is 2.23. The Morgan fingerprint density at radius 3 is 2.43 bits per heavy atom. The third-order valence-electron chi connectivity index (χ3n) is 2.96. The Bertz CT molecular complexity index is 790. The third kappa shape index (κ3) is 3.80. The molecule has 2 rings (SSSR count). The number of benzene rings is 1. The van der Waals surface area contributed by atoms with Gasteiger partial charge < -0.3 is 5.84 Å². The molecule has 3 N–H and O–H groups in total. The summed E-state index contributed by atoms with van der Waals surface area (Å²) in [7, 11) is 0. The van der Waals surface area contributed by atoms with Gasteiger partial charge in [-0.3, -0.25) is 4.79 Å². The number of halogens is 2. The number of hydrazone groups is 1. The fraction of sp³-hybridized carbons (Fsp3) is 0.286. The van der Waals surface area contributed by atoms with E-state index in [0.29, 0.717) is 15.6 Å². The van der Waals surface area contributed by atoms with Crippen LogP contribution in [0.3, 0.4) is 0 Å². The minimum Gasteiger partial charge on any atom is -0.333 e. The molecule has 9 heteroatoms. The lowest BCUT2D eigenvalue weighted by atomic mass is 9.93. The van der Waals surface area contributed by atoms with Crippen molar-refractivity contribution in [1.82, 2.24) is 14.9 Å². The molecular weight excluding hydrogens is 339 g/mol. The van der Waals surface area contributed by atoms with E-state index in [-0.39, 0.29) is 11.6 Å². The number of hydrogen-bond donors (Lipinski definition) is 2. The number of anilines is 1. The Morgan fingerprint density at radius 1 is 1.26 bits per heavy atom. The summed E-state index contributed by atoms with van der Waals surface area (Å²) in [4.78, 5) is 12.2. The van der Waals surface area contributed by atoms with Crippen molar-refractivity contribution in [2.45, 2.75) is 26.2 Å². The van der Waals surface area contributed by atoms with Gasteiger partial charge in [-0.15, -0.1) is 10.2 Å². The van der Waals surface area contributed by atoms with Gasteiger partial charge in [0.2, 0.25) is 0 Å². The number of hydrogen-bond acceptors (Lipinski definition) is 6. The molecular formula is C14H16Cl2N6O. The summed E-state index contributed by atoms with van der Waals surface area (Å²) >= 11 is 12.1. The second-order valence-corrected chi connectivity index (χ2v) is 6.62. The van der Waals surface area contributed by atoms with Crippen LogP contribution in [0.4, 0.5) is 5.95 Å². The first-order chi connectivity index (χ1) is 10.7. The zero-order chi connectivity index (χ0) is 17.2. The van der Waals surface area contributed by atoms with Crippen molar-refractivity contribution >= 4 is 35.4 Å². The molecule has 0 saturated carbocycles. The zero-order valence-electron chi connectivity index (χ0n) is 12.8. The lowest BCUT2D eigenvalue weighted by Crippen LogP contribution is -2.38. The van der Waals surface area contributed by atoms with Crippen molar-refractivity contribution in [3.8, 4) is 0 Å². The van der Waals surface area contributed by atoms with Crippen LogP contribution < -0.4 is 16.8 Å². The van der Waals surface area contributed by atoms with Crippen LogP contribution in [0.2, 0.25) is 10.0 Å². The summed E-state index contributed by atoms with van der Waals surface area (Å²) in [6.07, 6.45) is 1.41. The molecule has 0 bridgehead atoms. The summed E-state index contributed by atoms with van der Waals surface area (Å²) in [5, 5.41) is 12.6. The lowest BCUT2D eigenvalue weighted by molar-refractivity contribution is 0.538. The van der Waals surface area contributed by atoms with E-state index >= 15 is 0 Å². The average Bonchev–Trinajstić information content (AvgIpc) is 2.45. The molecule has 0 atom stereocenters. The normalized spacial score (nSPS) is 11.9. The molecule has 122 valence electrons. The van der Waals surface area contributed by atoms with E-state index in [9.17, 15) is 4.79 Å². The van der Waals surface area contributed by atoms with Crippen molar-refractivity contribution in [3.63, 3.8) is 0 Å². The van der Waals surface area contributed by atoms with Gasteiger partial charge in [0.15, 0.2) is 0 Å². The van der Waals surface area contributed by atoms with Crippen LogP contribution in [-0.4, -0.2) is 21.1 Å². The minimum atomic E-state index is -0.460. The second kappa shape index (κ2) is 6.55. The summed E-state index contributed by atoms with van der Waals surface area (Å²) in [5.74, 6) is 5.73. The number of aromatic nitrogens is 3. The Balaban J connectivity index is 2.27. The second-order valence-electron chi connectivity index (χ2n) is 5.80. The van der Waals surface area contributed by atoms with E-state index in [0.717, 1.165) is 4.68 Å². The Kier molecular flexibility index (Phi) is 4.91. The number of nitrogens with two attached hydrogens (primary N) is 1. The van der Waals surface area contributed by atoms with Crippen molar-refractivity contribution in [3.05, 3.63) is 49.9 Å². The minimum absolute atomic E-state index is 0.00225. The summed E-state index contributed by atoms with van der Waals surface area (Å²) in [5.41, 5.74) is 2.45. The summed E-state index contributed by atoms with van der Waals surface area (Å²) in [6, 6.07) is 5.10. The van der Waals surface area contributed by atoms with Gasteiger partial charge in [0.05, 0.1) is 16.3 Å². The molecule has 0 fully saturated rings. The van der Waals surface area contributed by atoms with E-state index in [1.807, 2.05) is 20.8 Å². The van der Waals surface area contributed by atoms with Crippen LogP contribution in [-0.2, 0) is 5.41 Å². The van der Waals surface area contributed by atoms with E-state index in [1.165, 1.54) is 6.21 Å². The van der Waals surface area contributed by atoms with E-state index in [1.54, 1.807) is 18.2 Å². The van der Waals surface area contributed by atoms with Crippen LogP contribution in [0.25, 0.3) is 0 Å². The number of nitrogens with zero attached hydrogens (tertiary/aromatic N) is 4. The molecule has 1 heterocycles. The van der Waals surface area contributed by atoms with Crippen LogP contribution in [0.1, 0.15) is 32.0 Å². The maximum atomic E-state index is 12.2. The molecule has 0 aliphatic heterocycles. The number of rotatable bonds is 3. The van der Waals surface area contributed by atoms with Crippen molar-refractivity contribution in [2.24, 2.45) is 5.10 Å². The van der Waals surface area contributed by atoms with Crippen LogP contribution >= 0.6 is 23.2 Å². The Morgan fingerprint density at radius 2 is 1.87 bits per heavy atom. The fourth-order valence-electron chi connectivity index (χ4n) is 1.73. The number of nitrogens with one attached hydrogen (secondary N) is 1. The quantitative estimate of drug-likeness (QED) is 0.501. The van der Waals surface area contributed by atoms with Gasteiger partial charge in [-0.2, -0.15) is 9.78 Å². The molecule has 0 aliphatic carbocycles. The predicted molar refractivity (Wildman–Crippen MR) is 92.8 cm³/mol. The highest BCUT2D eigenvalue weighted by Crippen LogP contribution is 2.22. The number of nitrogen functional groups attached to an aromatic ring is 1. The average molecular weight is 355 g/mol. The van der Waals surface area contributed by atoms with Crippen LogP contribution in [0, 0.1) is 0 Å². The topological polar surface area (TPSA) is 98.2 Å². The maximum absolute atomic E-state index is 12.2. The molecule has 1 aromatic heterocycles. The molecule has 0 aliphatic rings. The predicted octanol–water partition coefficient (Wildman–Crippen LogP) is 2.40. The maximum Gasteiger partial charge on any atom is 0.295 e. The molecule has 0 amide bonds. The van der Waals surface area contributed by atoms with Gasteiger partial charge in [0.1, 0.15) is 5.69 Å². The zero-order valence-corrected chi connectivity index (χ0v) is 14.4. The SMILES string of the molecule is CC(C)(C)c1nnc(N/N=C\c2c(Cl)cccc2Cl)n(N)c1=O. The molecule has 1 aromatic carbocycles. The molecule has 0 radical (unpaired) electrons. The van der Waals surface area contributed by atoms with Gasteiger partial charge >= 0.3 is 0 Å². The Labute approximate surface area is 143 Å². The van der Waals surface area contributed by atoms with Gasteiger partial charge in [-0.05, 0) is 12.1 Å². The van der Waals surface area contributed by atoms with Gasteiger partial charge in [-0.25, -0.2) is 5.43 Å². The highest BCUT2D eigenvalue weighted by atomic mass is 35.5. The van der Waals surface area contributed by atoms with Gasteiger partial charge in [0, 0.05) is 11.0 Å². The van der Waals surface area contributed by atoms with Crippen molar-refractivity contribution in [2.75, 3.05) is 11.3 Å². The highest BCUT2D eigenvalue weighted by Gasteiger charge is 2.22. The standard InChI is InChI=1S/C14H16Cl2N6O/c1-14(2,3)11-12(23)22(17)13(21-19-11)20-18-7-8-9(15)5-4-6-10(8)16/h4-7H,17H2,1-3H3,(H,20,21)/b18-7-. The summed E-state index contributed by atoms with van der Waals surface area (Å²) in [6.45, 7) is 5.55. The van der Waals surface area contributed by atoms with Gasteiger partial charge in [0.25, 0.3) is 11.5 Å². The summed E-state index contributed by atoms with van der Waals surface area (Å²) < 4.78 is 0.860. The highest BCUT2D eigenvalue weighted by molar-refractivity contribution is 6.38. The van der Waals surface area contributed by atoms with E-state index in [4.69, 9.17) is 29.0 Å². The smallest absolute Gasteiger partial charge is 0.295 e. The first-order valence-corrected chi connectivity index (χ1v) is 7.46. The van der Waals surface area contributed by atoms with Crippen LogP contribution in [0.15, 0.2) is 28.1 Å². The first kappa shape index (κ1) is 17.2. The lowest BCUT2D eigenvalue weighted by Gasteiger charge is -2.16. The van der Waals surface area contributed by atoms with E-state index in [2.05, 4.69) is 20.7 Å². The largest absolute Gasteiger partial charge is 0.333 e. The molecule has 0 unspecified atom stereocenters. The van der Waals surface area contributed by atoms with Crippen LogP contribution in [0.5, 0.6) is 0 Å². The van der Waals surface area contributed by atoms with Gasteiger partial charge in [-0.1, -0.05) is 50.0 Å². The van der Waals surface area contributed by atoms with E-state index < -0.39 is 11.0 Å². The molecule has 0 spiro atoms. The van der Waals surface area contributed by atoms with Crippen molar-refractivity contribution < 1.29 is 0 Å². The Hall–Kier alpha value is -2.12.